The molecule has 0 saturated heterocycles. The van der Waals surface area contributed by atoms with Crippen molar-refractivity contribution in [2.45, 2.75) is 46.1 Å². The number of aryl methyl sites for hydroxylation is 3. The fourth-order valence-electron chi connectivity index (χ4n) is 3.01. The first-order valence-corrected chi connectivity index (χ1v) is 9.00. The van der Waals surface area contributed by atoms with E-state index in [0.29, 0.717) is 22.0 Å². The minimum absolute atomic E-state index is 0.206. The van der Waals surface area contributed by atoms with E-state index in [1.54, 1.807) is 13.8 Å². The highest BCUT2D eigenvalue weighted by atomic mass is 32.1. The molecule has 1 aliphatic carbocycles. The Hall–Kier alpha value is -2.68. The zero-order chi connectivity index (χ0) is 19.0. The van der Waals surface area contributed by atoms with Crippen LogP contribution in [0.4, 0.5) is 5.00 Å². The van der Waals surface area contributed by atoms with Gasteiger partial charge in [-0.25, -0.2) is 4.79 Å². The number of primary amides is 1. The Morgan fingerprint density at radius 3 is 2.62 bits per heavy atom. The average molecular weight is 377 g/mol. The van der Waals surface area contributed by atoms with Crippen molar-refractivity contribution in [1.82, 2.24) is 5.16 Å². The molecule has 2 amide bonds. The predicted octanol–water partition coefficient (Wildman–Crippen LogP) is 2.12. The number of ether oxygens (including phenoxy) is 1. The molecule has 2 aromatic rings. The maximum atomic E-state index is 12.4. The van der Waals surface area contributed by atoms with E-state index in [4.69, 9.17) is 15.0 Å². The molecule has 26 heavy (non-hydrogen) atoms. The van der Waals surface area contributed by atoms with Crippen LogP contribution in [0.1, 0.15) is 56.0 Å². The number of esters is 1. The Morgan fingerprint density at radius 1 is 1.27 bits per heavy atom. The van der Waals surface area contributed by atoms with Gasteiger partial charge in [0.05, 0.1) is 11.3 Å². The second kappa shape index (κ2) is 6.91. The molecule has 0 bridgehead atoms. The number of nitrogens with zero attached hydrogens (tertiary/aromatic N) is 1. The number of fused-ring (bicyclic) bond motifs is 1. The third-order valence-electron chi connectivity index (χ3n) is 4.29. The summed E-state index contributed by atoms with van der Waals surface area (Å²) in [7, 11) is 0. The normalized spacial score (nSPS) is 14.0. The summed E-state index contributed by atoms with van der Waals surface area (Å²) in [6.07, 6.45) is 1.55. The molecule has 2 aromatic heterocycles. The van der Waals surface area contributed by atoms with Gasteiger partial charge in [-0.1, -0.05) is 5.16 Å². The summed E-state index contributed by atoms with van der Waals surface area (Å²) in [6.45, 7) is 4.66. The van der Waals surface area contributed by atoms with Gasteiger partial charge in [0, 0.05) is 4.88 Å². The van der Waals surface area contributed by atoms with E-state index in [1.165, 1.54) is 18.3 Å². The van der Waals surface area contributed by atoms with Crippen LogP contribution >= 0.6 is 11.3 Å². The summed E-state index contributed by atoms with van der Waals surface area (Å²) in [6, 6.07) is 0. The Balaban J connectivity index is 1.73. The van der Waals surface area contributed by atoms with Crippen LogP contribution in [0, 0.1) is 13.8 Å². The van der Waals surface area contributed by atoms with Crippen molar-refractivity contribution in [1.29, 1.82) is 0 Å². The number of anilines is 1. The van der Waals surface area contributed by atoms with Crippen molar-refractivity contribution < 1.29 is 23.6 Å². The standard InChI is InChI=1S/C17H19N3O5S/c1-7-12(8(2)25-20-7)17(23)24-9(3)15(22)19-16-13(14(18)21)10-5-4-6-11(10)26-16/h9H,4-6H2,1-3H3,(H2,18,21)(H,19,22)/t9-/m0/s1. The molecular weight excluding hydrogens is 358 g/mol. The van der Waals surface area contributed by atoms with E-state index < -0.39 is 23.9 Å². The minimum Gasteiger partial charge on any atom is -0.449 e. The fourth-order valence-corrected chi connectivity index (χ4v) is 4.31. The van der Waals surface area contributed by atoms with Crippen LogP contribution in [-0.2, 0) is 22.4 Å². The Labute approximate surface area is 153 Å². The third-order valence-corrected chi connectivity index (χ3v) is 5.50. The summed E-state index contributed by atoms with van der Waals surface area (Å²) in [5.41, 5.74) is 7.35. The lowest BCUT2D eigenvalue weighted by Crippen LogP contribution is -2.30. The summed E-state index contributed by atoms with van der Waals surface area (Å²) < 4.78 is 10.1. The van der Waals surface area contributed by atoms with Crippen molar-refractivity contribution in [2.75, 3.05) is 5.32 Å². The molecule has 138 valence electrons. The third kappa shape index (κ3) is 3.22. The number of aromatic nitrogens is 1. The SMILES string of the molecule is Cc1noc(C)c1C(=O)O[C@@H](C)C(=O)Nc1sc2c(c1C(N)=O)CCC2. The molecule has 0 saturated carbocycles. The van der Waals surface area contributed by atoms with E-state index in [9.17, 15) is 14.4 Å². The summed E-state index contributed by atoms with van der Waals surface area (Å²) in [4.78, 5) is 37.5. The lowest BCUT2D eigenvalue weighted by Gasteiger charge is -2.13. The van der Waals surface area contributed by atoms with E-state index in [-0.39, 0.29) is 5.56 Å². The van der Waals surface area contributed by atoms with Crippen LogP contribution in [0.2, 0.25) is 0 Å². The summed E-state index contributed by atoms with van der Waals surface area (Å²) in [5, 5.41) is 6.76. The van der Waals surface area contributed by atoms with Crippen molar-refractivity contribution in [3.8, 4) is 0 Å². The van der Waals surface area contributed by atoms with Crippen LogP contribution in [0.25, 0.3) is 0 Å². The van der Waals surface area contributed by atoms with Crippen LogP contribution in [0.3, 0.4) is 0 Å². The quantitative estimate of drug-likeness (QED) is 0.769. The van der Waals surface area contributed by atoms with Crippen LogP contribution < -0.4 is 11.1 Å². The van der Waals surface area contributed by atoms with Gasteiger partial charge in [-0.2, -0.15) is 0 Å². The molecule has 0 unspecified atom stereocenters. The number of hydrogen-bond acceptors (Lipinski definition) is 7. The highest BCUT2D eigenvalue weighted by Gasteiger charge is 2.29. The van der Waals surface area contributed by atoms with Gasteiger partial charge in [0.1, 0.15) is 16.3 Å². The number of hydrogen-bond donors (Lipinski definition) is 2. The molecule has 0 radical (unpaired) electrons. The van der Waals surface area contributed by atoms with Crippen molar-refractivity contribution in [3.05, 3.63) is 33.0 Å². The van der Waals surface area contributed by atoms with Gasteiger partial charge in [-0.15, -0.1) is 11.3 Å². The van der Waals surface area contributed by atoms with Gasteiger partial charge in [0.25, 0.3) is 11.8 Å². The lowest BCUT2D eigenvalue weighted by atomic mass is 10.1. The molecule has 2 heterocycles. The summed E-state index contributed by atoms with van der Waals surface area (Å²) >= 11 is 1.35. The smallest absolute Gasteiger partial charge is 0.344 e. The zero-order valence-corrected chi connectivity index (χ0v) is 15.5. The number of thiophene rings is 1. The van der Waals surface area contributed by atoms with Gasteiger partial charge in [0.15, 0.2) is 6.10 Å². The van der Waals surface area contributed by atoms with Crippen LogP contribution in [-0.4, -0.2) is 29.0 Å². The van der Waals surface area contributed by atoms with Gasteiger partial charge >= 0.3 is 5.97 Å². The lowest BCUT2D eigenvalue weighted by molar-refractivity contribution is -0.123. The molecule has 3 N–H and O–H groups in total. The topological polar surface area (TPSA) is 125 Å². The molecule has 0 aromatic carbocycles. The molecule has 1 atom stereocenters. The molecule has 1 aliphatic rings. The maximum absolute atomic E-state index is 12.4. The van der Waals surface area contributed by atoms with Crippen molar-refractivity contribution in [3.63, 3.8) is 0 Å². The molecule has 3 rings (SSSR count). The first-order valence-electron chi connectivity index (χ1n) is 8.18. The Kier molecular flexibility index (Phi) is 4.82. The number of amides is 2. The predicted molar refractivity (Wildman–Crippen MR) is 94.3 cm³/mol. The van der Waals surface area contributed by atoms with E-state index in [2.05, 4.69) is 10.5 Å². The average Bonchev–Trinajstić information content (AvgIpc) is 3.21. The van der Waals surface area contributed by atoms with Crippen LogP contribution in [0.5, 0.6) is 0 Å². The maximum Gasteiger partial charge on any atom is 0.344 e. The molecule has 0 aliphatic heterocycles. The molecular formula is C17H19N3O5S. The number of carbonyl (C=O) groups is 3. The summed E-state index contributed by atoms with van der Waals surface area (Å²) in [5.74, 6) is -1.47. The van der Waals surface area contributed by atoms with E-state index in [0.717, 1.165) is 29.7 Å². The Bertz CT molecular complexity index is 879. The number of nitrogens with one attached hydrogen (secondary N) is 1. The molecule has 0 fully saturated rings. The number of nitrogens with two attached hydrogens (primary N) is 1. The minimum atomic E-state index is -1.06. The van der Waals surface area contributed by atoms with Gasteiger partial charge in [0.2, 0.25) is 0 Å². The molecule has 9 heteroatoms. The second-order valence-corrected chi connectivity index (χ2v) is 7.27. The molecule has 8 nitrogen and oxygen atoms in total. The first kappa shape index (κ1) is 18.1. The second-order valence-electron chi connectivity index (χ2n) is 6.16. The first-order chi connectivity index (χ1) is 12.3. The number of carbonyl (C=O) groups excluding carboxylic acids is 3. The highest BCUT2D eigenvalue weighted by Crippen LogP contribution is 2.38. The van der Waals surface area contributed by atoms with Gasteiger partial charge in [-0.3, -0.25) is 9.59 Å². The number of rotatable bonds is 5. The zero-order valence-electron chi connectivity index (χ0n) is 14.7. The van der Waals surface area contributed by atoms with Crippen molar-refractivity contribution in [2.24, 2.45) is 5.73 Å². The Morgan fingerprint density at radius 2 is 2.00 bits per heavy atom. The van der Waals surface area contributed by atoms with Gasteiger partial charge < -0.3 is 20.3 Å². The highest BCUT2D eigenvalue weighted by molar-refractivity contribution is 7.17. The van der Waals surface area contributed by atoms with Gasteiger partial charge in [-0.05, 0) is 45.6 Å². The van der Waals surface area contributed by atoms with E-state index in [1.807, 2.05) is 0 Å². The monoisotopic (exact) mass is 377 g/mol. The van der Waals surface area contributed by atoms with Crippen LogP contribution in [0.15, 0.2) is 4.52 Å². The fraction of sp³-hybridized carbons (Fsp3) is 0.412. The molecule has 0 spiro atoms. The largest absolute Gasteiger partial charge is 0.449 e. The van der Waals surface area contributed by atoms with E-state index >= 15 is 0 Å². The van der Waals surface area contributed by atoms with Crippen molar-refractivity contribution >= 4 is 34.1 Å².